The van der Waals surface area contributed by atoms with Crippen molar-refractivity contribution in [1.29, 1.82) is 0 Å². The van der Waals surface area contributed by atoms with E-state index in [0.29, 0.717) is 31.8 Å². The second-order valence-corrected chi connectivity index (χ2v) is 8.20. The van der Waals surface area contributed by atoms with Gasteiger partial charge in [0.05, 0.1) is 41.7 Å². The van der Waals surface area contributed by atoms with Gasteiger partial charge in [0.2, 0.25) is 5.91 Å². The van der Waals surface area contributed by atoms with Crippen molar-refractivity contribution in [3.8, 4) is 11.5 Å². The molecule has 1 aromatic heterocycles. The molecule has 0 fully saturated rings. The van der Waals surface area contributed by atoms with E-state index in [1.165, 1.54) is 32.7 Å². The van der Waals surface area contributed by atoms with Crippen LogP contribution in [-0.2, 0) is 11.0 Å². The molecule has 1 heterocycles. The number of nitrogens with zero attached hydrogens (tertiary/aromatic N) is 2. The van der Waals surface area contributed by atoms with Gasteiger partial charge in [-0.3, -0.25) is 9.78 Å². The summed E-state index contributed by atoms with van der Waals surface area (Å²) in [5, 5.41) is 4.25. The summed E-state index contributed by atoms with van der Waals surface area (Å²) >= 11 is 4.47. The third kappa shape index (κ3) is 5.52. The summed E-state index contributed by atoms with van der Waals surface area (Å²) in [6, 6.07) is 8.86. The molecule has 6 nitrogen and oxygen atoms in total. The van der Waals surface area contributed by atoms with Crippen LogP contribution in [0.15, 0.2) is 57.1 Å². The SMILES string of the molecule is COc1cc(/C=N/NC(=O)CSc2ccnc3c(C(F)(F)F)cccc23)cc(Br)c1OC. The average Bonchev–Trinajstić information content (AvgIpc) is 2.76. The Bertz CT molecular complexity index is 1170. The monoisotopic (exact) mass is 527 g/mol. The predicted molar refractivity (Wildman–Crippen MR) is 120 cm³/mol. The van der Waals surface area contributed by atoms with Crippen LogP contribution in [0.1, 0.15) is 11.1 Å². The number of ether oxygens (including phenoxy) is 2. The van der Waals surface area contributed by atoms with Crippen LogP contribution in [0.5, 0.6) is 11.5 Å². The number of benzene rings is 2. The first-order valence-corrected chi connectivity index (χ1v) is 10.8. The topological polar surface area (TPSA) is 72.8 Å². The number of alkyl halides is 3. The number of amides is 1. The molecule has 0 bridgehead atoms. The number of nitrogens with one attached hydrogen (secondary N) is 1. The Balaban J connectivity index is 1.67. The molecule has 11 heteroatoms. The molecular formula is C21H17BrF3N3O3S. The smallest absolute Gasteiger partial charge is 0.418 e. The summed E-state index contributed by atoms with van der Waals surface area (Å²) in [7, 11) is 3.02. The molecule has 168 valence electrons. The van der Waals surface area contributed by atoms with Gasteiger partial charge in [-0.15, -0.1) is 11.8 Å². The van der Waals surface area contributed by atoms with E-state index in [2.05, 4.69) is 31.4 Å². The fraction of sp³-hybridized carbons (Fsp3) is 0.190. The van der Waals surface area contributed by atoms with Crippen molar-refractivity contribution < 1.29 is 27.4 Å². The molecule has 0 spiro atoms. The van der Waals surface area contributed by atoms with Gasteiger partial charge in [-0.1, -0.05) is 12.1 Å². The Kier molecular flexibility index (Phi) is 7.62. The van der Waals surface area contributed by atoms with Crippen LogP contribution in [0, 0.1) is 0 Å². The van der Waals surface area contributed by atoms with Crippen LogP contribution in [0.25, 0.3) is 10.9 Å². The number of para-hydroxylation sites is 1. The van der Waals surface area contributed by atoms with E-state index in [9.17, 15) is 18.0 Å². The number of carbonyl (C=O) groups is 1. The predicted octanol–water partition coefficient (Wildman–Crippen LogP) is 5.28. The van der Waals surface area contributed by atoms with Gasteiger partial charge in [-0.25, -0.2) is 5.43 Å². The Morgan fingerprint density at radius 2 is 2.03 bits per heavy atom. The van der Waals surface area contributed by atoms with Gasteiger partial charge in [0.1, 0.15) is 0 Å². The molecule has 3 aromatic rings. The highest BCUT2D eigenvalue weighted by atomic mass is 79.9. The fourth-order valence-corrected chi connectivity index (χ4v) is 4.32. The third-order valence-electron chi connectivity index (χ3n) is 4.25. The quantitative estimate of drug-likeness (QED) is 0.257. The van der Waals surface area contributed by atoms with Crippen LogP contribution in [0.2, 0.25) is 0 Å². The van der Waals surface area contributed by atoms with E-state index in [4.69, 9.17) is 9.47 Å². The maximum Gasteiger partial charge on any atom is 0.418 e. The first-order valence-electron chi connectivity index (χ1n) is 9.05. The largest absolute Gasteiger partial charge is 0.493 e. The van der Waals surface area contributed by atoms with Crippen molar-refractivity contribution in [3.63, 3.8) is 0 Å². The summed E-state index contributed by atoms with van der Waals surface area (Å²) in [5.41, 5.74) is 2.09. The van der Waals surface area contributed by atoms with Crippen LogP contribution < -0.4 is 14.9 Å². The zero-order chi connectivity index (χ0) is 23.3. The van der Waals surface area contributed by atoms with Crippen LogP contribution in [0.4, 0.5) is 13.2 Å². The minimum atomic E-state index is -4.51. The number of pyridine rings is 1. The molecule has 3 rings (SSSR count). The number of hydrazone groups is 1. The highest BCUT2D eigenvalue weighted by Gasteiger charge is 2.33. The van der Waals surface area contributed by atoms with Gasteiger partial charge < -0.3 is 9.47 Å². The van der Waals surface area contributed by atoms with Crippen molar-refractivity contribution in [2.75, 3.05) is 20.0 Å². The molecule has 32 heavy (non-hydrogen) atoms. The zero-order valence-electron chi connectivity index (χ0n) is 16.9. The van der Waals surface area contributed by atoms with Crippen molar-refractivity contribution >= 4 is 50.7 Å². The van der Waals surface area contributed by atoms with Gasteiger partial charge in [0, 0.05) is 16.5 Å². The van der Waals surface area contributed by atoms with Crippen LogP contribution in [-0.4, -0.2) is 37.1 Å². The van der Waals surface area contributed by atoms with E-state index in [-0.39, 0.29) is 11.3 Å². The minimum Gasteiger partial charge on any atom is -0.493 e. The molecule has 0 unspecified atom stereocenters. The van der Waals surface area contributed by atoms with Gasteiger partial charge in [0.15, 0.2) is 11.5 Å². The molecule has 0 aliphatic carbocycles. The summed E-state index contributed by atoms with van der Waals surface area (Å²) in [6.45, 7) is 0. The lowest BCUT2D eigenvalue weighted by molar-refractivity contribution is -0.136. The number of hydrogen-bond acceptors (Lipinski definition) is 6. The second-order valence-electron chi connectivity index (χ2n) is 6.33. The summed E-state index contributed by atoms with van der Waals surface area (Å²) < 4.78 is 50.8. The lowest BCUT2D eigenvalue weighted by Crippen LogP contribution is -2.19. The number of fused-ring (bicyclic) bond motifs is 1. The van der Waals surface area contributed by atoms with Crippen LogP contribution >= 0.6 is 27.7 Å². The molecule has 1 N–H and O–H groups in total. The number of methoxy groups -OCH3 is 2. The van der Waals surface area contributed by atoms with Crippen LogP contribution in [0.3, 0.4) is 0 Å². The molecule has 2 aromatic carbocycles. The first kappa shape index (κ1) is 23.9. The maximum atomic E-state index is 13.2. The maximum absolute atomic E-state index is 13.2. The van der Waals surface area contributed by atoms with Gasteiger partial charge >= 0.3 is 6.18 Å². The number of carbonyl (C=O) groups excluding carboxylic acids is 1. The second kappa shape index (κ2) is 10.2. The lowest BCUT2D eigenvalue weighted by atomic mass is 10.1. The Labute approximate surface area is 194 Å². The Morgan fingerprint density at radius 1 is 1.25 bits per heavy atom. The molecule has 0 atom stereocenters. The first-order chi connectivity index (χ1) is 15.2. The highest BCUT2D eigenvalue weighted by molar-refractivity contribution is 9.10. The third-order valence-corrected chi connectivity index (χ3v) is 5.92. The number of hydrogen-bond donors (Lipinski definition) is 1. The molecule has 1 amide bonds. The van der Waals surface area contributed by atoms with E-state index in [1.54, 1.807) is 24.3 Å². The van der Waals surface area contributed by atoms with Crippen molar-refractivity contribution in [2.45, 2.75) is 11.1 Å². The van der Waals surface area contributed by atoms with E-state index >= 15 is 0 Å². The lowest BCUT2D eigenvalue weighted by Gasteiger charge is -2.11. The standard InChI is InChI=1S/C21H17BrF3N3O3S/c1-30-16-9-12(8-15(22)20(16)31-2)10-27-28-18(29)11-32-17-6-7-26-19-13(17)4-3-5-14(19)21(23,24)25/h3-10H,11H2,1-2H3,(H,28,29)/b27-10+. The van der Waals surface area contributed by atoms with Gasteiger partial charge in [-0.2, -0.15) is 18.3 Å². The minimum absolute atomic E-state index is 0.0394. The van der Waals surface area contributed by atoms with Crippen molar-refractivity contribution in [3.05, 3.63) is 58.2 Å². The zero-order valence-corrected chi connectivity index (χ0v) is 19.3. The molecule has 0 aliphatic rings. The van der Waals surface area contributed by atoms with E-state index in [1.807, 2.05) is 0 Å². The number of thioether (sulfide) groups is 1. The number of rotatable bonds is 7. The molecule has 0 saturated carbocycles. The van der Waals surface area contributed by atoms with Gasteiger partial charge in [0.25, 0.3) is 0 Å². The Morgan fingerprint density at radius 3 is 2.72 bits per heavy atom. The number of halogens is 4. The Hall–Kier alpha value is -2.79. The molecule has 0 saturated heterocycles. The summed E-state index contributed by atoms with van der Waals surface area (Å²) in [6.07, 6.45) is -1.78. The van der Waals surface area contributed by atoms with Crippen molar-refractivity contribution in [2.24, 2.45) is 5.10 Å². The van der Waals surface area contributed by atoms with E-state index < -0.39 is 17.6 Å². The highest BCUT2D eigenvalue weighted by Crippen LogP contribution is 2.37. The number of aromatic nitrogens is 1. The summed E-state index contributed by atoms with van der Waals surface area (Å²) in [4.78, 5) is 16.6. The summed E-state index contributed by atoms with van der Waals surface area (Å²) in [5.74, 6) is 0.571. The van der Waals surface area contributed by atoms with Gasteiger partial charge in [-0.05, 0) is 45.8 Å². The van der Waals surface area contributed by atoms with Crippen molar-refractivity contribution in [1.82, 2.24) is 10.4 Å². The molecule has 0 aliphatic heterocycles. The fourth-order valence-electron chi connectivity index (χ4n) is 2.87. The normalized spacial score (nSPS) is 11.7. The molecular weight excluding hydrogens is 511 g/mol. The average molecular weight is 528 g/mol. The van der Waals surface area contributed by atoms with E-state index in [0.717, 1.165) is 17.8 Å². The molecule has 0 radical (unpaired) electrons.